The molecule has 1 amide bonds. The highest BCUT2D eigenvalue weighted by molar-refractivity contribution is 5.79. The van der Waals surface area contributed by atoms with Crippen LogP contribution in [0.25, 0.3) is 0 Å². The van der Waals surface area contributed by atoms with E-state index in [1.807, 2.05) is 25.1 Å². The lowest BCUT2D eigenvalue weighted by Gasteiger charge is -2.18. The standard InChI is InChI=1S/C13H19N3O/c1-9-7-14-8-11(9)13(17)16-10(2)12-5-3-4-6-15-12/h3-6,9-11,14H,7-8H2,1-2H3,(H,16,17)/t9-,10?,11-/m1/s1. The highest BCUT2D eigenvalue weighted by Crippen LogP contribution is 2.17. The molecule has 1 saturated heterocycles. The van der Waals surface area contributed by atoms with Gasteiger partial charge >= 0.3 is 0 Å². The summed E-state index contributed by atoms with van der Waals surface area (Å²) in [5.74, 6) is 0.618. The topological polar surface area (TPSA) is 54.0 Å². The smallest absolute Gasteiger partial charge is 0.225 e. The number of aromatic nitrogens is 1. The summed E-state index contributed by atoms with van der Waals surface area (Å²) in [6.07, 6.45) is 1.75. The summed E-state index contributed by atoms with van der Waals surface area (Å²) < 4.78 is 0. The number of pyridine rings is 1. The molecule has 1 aliphatic heterocycles. The molecule has 1 unspecified atom stereocenters. The minimum atomic E-state index is -0.0310. The molecule has 92 valence electrons. The summed E-state index contributed by atoms with van der Waals surface area (Å²) in [6, 6.07) is 5.71. The Labute approximate surface area is 102 Å². The van der Waals surface area contributed by atoms with Crippen molar-refractivity contribution in [3.05, 3.63) is 30.1 Å². The number of rotatable bonds is 3. The van der Waals surface area contributed by atoms with E-state index in [1.165, 1.54) is 0 Å². The number of hydrogen-bond donors (Lipinski definition) is 2. The molecule has 2 N–H and O–H groups in total. The number of hydrogen-bond acceptors (Lipinski definition) is 3. The number of nitrogens with zero attached hydrogens (tertiary/aromatic N) is 1. The molecule has 0 aromatic carbocycles. The molecular formula is C13H19N3O. The third kappa shape index (κ3) is 2.82. The van der Waals surface area contributed by atoms with Gasteiger partial charge in [0.2, 0.25) is 5.91 Å². The Morgan fingerprint density at radius 1 is 1.53 bits per heavy atom. The molecule has 0 spiro atoms. The van der Waals surface area contributed by atoms with Gasteiger partial charge in [0.25, 0.3) is 0 Å². The van der Waals surface area contributed by atoms with Crippen LogP contribution in [0.4, 0.5) is 0 Å². The van der Waals surface area contributed by atoms with Gasteiger partial charge in [-0.1, -0.05) is 13.0 Å². The highest BCUT2D eigenvalue weighted by Gasteiger charge is 2.30. The molecule has 17 heavy (non-hydrogen) atoms. The van der Waals surface area contributed by atoms with E-state index in [1.54, 1.807) is 6.20 Å². The van der Waals surface area contributed by atoms with Gasteiger partial charge in [0.1, 0.15) is 0 Å². The van der Waals surface area contributed by atoms with Gasteiger partial charge in [-0.3, -0.25) is 9.78 Å². The fourth-order valence-corrected chi connectivity index (χ4v) is 2.19. The van der Waals surface area contributed by atoms with Crippen molar-refractivity contribution in [2.75, 3.05) is 13.1 Å². The number of nitrogens with one attached hydrogen (secondary N) is 2. The van der Waals surface area contributed by atoms with Crippen LogP contribution in [0.1, 0.15) is 25.6 Å². The Hall–Kier alpha value is -1.42. The van der Waals surface area contributed by atoms with E-state index >= 15 is 0 Å². The molecule has 1 fully saturated rings. The maximum Gasteiger partial charge on any atom is 0.225 e. The SMILES string of the molecule is CC(NC(=O)[C@@H]1CNC[C@H]1C)c1ccccn1. The highest BCUT2D eigenvalue weighted by atomic mass is 16.2. The average molecular weight is 233 g/mol. The third-order valence-electron chi connectivity index (χ3n) is 3.34. The van der Waals surface area contributed by atoms with E-state index in [-0.39, 0.29) is 17.9 Å². The summed E-state index contributed by atoms with van der Waals surface area (Å²) in [5.41, 5.74) is 0.902. The summed E-state index contributed by atoms with van der Waals surface area (Å²) in [6.45, 7) is 5.78. The first-order valence-electron chi connectivity index (χ1n) is 6.10. The van der Waals surface area contributed by atoms with Crippen molar-refractivity contribution in [3.8, 4) is 0 Å². The maximum absolute atomic E-state index is 12.1. The van der Waals surface area contributed by atoms with E-state index in [0.29, 0.717) is 5.92 Å². The maximum atomic E-state index is 12.1. The zero-order valence-corrected chi connectivity index (χ0v) is 10.3. The summed E-state index contributed by atoms with van der Waals surface area (Å²) >= 11 is 0. The zero-order chi connectivity index (χ0) is 12.3. The van der Waals surface area contributed by atoms with Crippen LogP contribution in [0, 0.1) is 11.8 Å². The van der Waals surface area contributed by atoms with Gasteiger partial charge in [-0.2, -0.15) is 0 Å². The van der Waals surface area contributed by atoms with Gasteiger partial charge in [-0.25, -0.2) is 0 Å². The van der Waals surface area contributed by atoms with E-state index in [9.17, 15) is 4.79 Å². The average Bonchev–Trinajstić information content (AvgIpc) is 2.76. The van der Waals surface area contributed by atoms with Crippen molar-refractivity contribution in [2.45, 2.75) is 19.9 Å². The number of carbonyl (C=O) groups excluding carboxylic acids is 1. The van der Waals surface area contributed by atoms with Crippen molar-refractivity contribution < 1.29 is 4.79 Å². The monoisotopic (exact) mass is 233 g/mol. The lowest BCUT2D eigenvalue weighted by atomic mass is 9.97. The fourth-order valence-electron chi connectivity index (χ4n) is 2.19. The molecule has 2 heterocycles. The van der Waals surface area contributed by atoms with Gasteiger partial charge in [-0.05, 0) is 31.5 Å². The number of carbonyl (C=O) groups is 1. The first kappa shape index (κ1) is 12.0. The molecule has 1 aliphatic rings. The van der Waals surface area contributed by atoms with E-state index in [0.717, 1.165) is 18.8 Å². The molecule has 2 rings (SSSR count). The Morgan fingerprint density at radius 2 is 2.35 bits per heavy atom. The second-order valence-corrected chi connectivity index (χ2v) is 4.73. The zero-order valence-electron chi connectivity index (χ0n) is 10.3. The van der Waals surface area contributed by atoms with Crippen LogP contribution in [0.15, 0.2) is 24.4 Å². The van der Waals surface area contributed by atoms with Crippen molar-refractivity contribution in [1.29, 1.82) is 0 Å². The molecule has 0 saturated carbocycles. The molecule has 1 aromatic rings. The van der Waals surface area contributed by atoms with E-state index in [2.05, 4.69) is 22.5 Å². The van der Waals surface area contributed by atoms with Crippen LogP contribution in [0.2, 0.25) is 0 Å². The Balaban J connectivity index is 1.95. The summed E-state index contributed by atoms with van der Waals surface area (Å²) in [7, 11) is 0. The quantitative estimate of drug-likeness (QED) is 0.822. The minimum absolute atomic E-state index is 0.0310. The van der Waals surface area contributed by atoms with Gasteiger partial charge in [0, 0.05) is 12.7 Å². The van der Waals surface area contributed by atoms with Gasteiger partial charge in [-0.15, -0.1) is 0 Å². The first-order valence-corrected chi connectivity index (χ1v) is 6.10. The van der Waals surface area contributed by atoms with Crippen molar-refractivity contribution in [3.63, 3.8) is 0 Å². The molecule has 0 bridgehead atoms. The van der Waals surface area contributed by atoms with E-state index in [4.69, 9.17) is 0 Å². The molecular weight excluding hydrogens is 214 g/mol. The van der Waals surface area contributed by atoms with E-state index < -0.39 is 0 Å². The minimum Gasteiger partial charge on any atom is -0.348 e. The predicted molar refractivity (Wildman–Crippen MR) is 66.3 cm³/mol. The molecule has 3 atom stereocenters. The summed E-state index contributed by atoms with van der Waals surface area (Å²) in [5, 5.41) is 6.27. The summed E-state index contributed by atoms with van der Waals surface area (Å²) in [4.78, 5) is 16.3. The molecule has 0 aliphatic carbocycles. The second kappa shape index (κ2) is 5.27. The van der Waals surface area contributed by atoms with Gasteiger partial charge in [0.15, 0.2) is 0 Å². The predicted octanol–water partition coefficient (Wildman–Crippen LogP) is 1.11. The fraction of sp³-hybridized carbons (Fsp3) is 0.538. The van der Waals surface area contributed by atoms with Crippen molar-refractivity contribution in [2.24, 2.45) is 11.8 Å². The Kier molecular flexibility index (Phi) is 3.74. The van der Waals surface area contributed by atoms with Crippen LogP contribution in [-0.2, 0) is 4.79 Å². The number of amides is 1. The third-order valence-corrected chi connectivity index (χ3v) is 3.34. The second-order valence-electron chi connectivity index (χ2n) is 4.73. The van der Waals surface area contributed by atoms with Gasteiger partial charge in [0.05, 0.1) is 17.7 Å². The lowest BCUT2D eigenvalue weighted by Crippen LogP contribution is -2.36. The van der Waals surface area contributed by atoms with Crippen LogP contribution in [0.3, 0.4) is 0 Å². The molecule has 4 nitrogen and oxygen atoms in total. The normalized spacial score (nSPS) is 25.5. The van der Waals surface area contributed by atoms with Crippen LogP contribution in [0.5, 0.6) is 0 Å². The molecule has 4 heteroatoms. The van der Waals surface area contributed by atoms with Crippen LogP contribution in [-0.4, -0.2) is 24.0 Å². The first-order chi connectivity index (χ1) is 8.18. The van der Waals surface area contributed by atoms with Crippen LogP contribution < -0.4 is 10.6 Å². The van der Waals surface area contributed by atoms with Crippen molar-refractivity contribution >= 4 is 5.91 Å². The van der Waals surface area contributed by atoms with Crippen LogP contribution >= 0.6 is 0 Å². The molecule has 1 aromatic heterocycles. The largest absolute Gasteiger partial charge is 0.348 e. The lowest BCUT2D eigenvalue weighted by molar-refractivity contribution is -0.126. The molecule has 0 radical (unpaired) electrons. The van der Waals surface area contributed by atoms with Gasteiger partial charge < -0.3 is 10.6 Å². The Bertz CT molecular complexity index is 380. The Morgan fingerprint density at radius 3 is 2.94 bits per heavy atom. The van der Waals surface area contributed by atoms with Crippen molar-refractivity contribution in [1.82, 2.24) is 15.6 Å².